The van der Waals surface area contributed by atoms with Crippen LogP contribution in [0.3, 0.4) is 0 Å². The van der Waals surface area contributed by atoms with Crippen LogP contribution in [0.25, 0.3) is 0 Å². The fourth-order valence-corrected chi connectivity index (χ4v) is 2.81. The van der Waals surface area contributed by atoms with Gasteiger partial charge in [0.25, 0.3) is 5.91 Å². The molecule has 8 nitrogen and oxygen atoms in total. The van der Waals surface area contributed by atoms with E-state index in [1.165, 1.54) is 17.0 Å². The standard InChI is InChI=1S/C21H22N2O6/c1-21(2,3)29-20(27)22-15-8-9-17-16(10-15)23(18(24)12-28-17)11-13-4-6-14(7-5-13)19(25)26/h4-10H,11-12H2,1-3H3,(H,22,27)(H,25,26). The zero-order valence-corrected chi connectivity index (χ0v) is 16.4. The highest BCUT2D eigenvalue weighted by Crippen LogP contribution is 2.35. The van der Waals surface area contributed by atoms with Gasteiger partial charge in [-0.15, -0.1) is 0 Å². The molecule has 8 heteroatoms. The van der Waals surface area contributed by atoms with Crippen LogP contribution < -0.4 is 15.0 Å². The van der Waals surface area contributed by atoms with Gasteiger partial charge in [0.05, 0.1) is 17.8 Å². The van der Waals surface area contributed by atoms with Gasteiger partial charge in [0.1, 0.15) is 11.4 Å². The average molecular weight is 398 g/mol. The maximum Gasteiger partial charge on any atom is 0.412 e. The van der Waals surface area contributed by atoms with E-state index in [0.717, 1.165) is 5.56 Å². The van der Waals surface area contributed by atoms with Gasteiger partial charge >= 0.3 is 12.1 Å². The first-order valence-corrected chi connectivity index (χ1v) is 9.02. The predicted octanol–water partition coefficient (Wildman–Crippen LogP) is 3.66. The molecule has 0 radical (unpaired) electrons. The van der Waals surface area contributed by atoms with Crippen LogP contribution in [-0.2, 0) is 16.1 Å². The largest absolute Gasteiger partial charge is 0.482 e. The highest BCUT2D eigenvalue weighted by molar-refractivity contribution is 5.99. The van der Waals surface area contributed by atoms with Gasteiger partial charge < -0.3 is 19.5 Å². The van der Waals surface area contributed by atoms with Gasteiger partial charge in [0.15, 0.2) is 6.61 Å². The number of hydrogen-bond acceptors (Lipinski definition) is 5. The number of ether oxygens (including phenoxy) is 2. The van der Waals surface area contributed by atoms with Crippen molar-refractivity contribution in [2.75, 3.05) is 16.8 Å². The van der Waals surface area contributed by atoms with Crippen molar-refractivity contribution in [3.63, 3.8) is 0 Å². The summed E-state index contributed by atoms with van der Waals surface area (Å²) >= 11 is 0. The Morgan fingerprint density at radius 2 is 1.86 bits per heavy atom. The highest BCUT2D eigenvalue weighted by Gasteiger charge is 2.26. The summed E-state index contributed by atoms with van der Waals surface area (Å²) in [4.78, 5) is 37.0. The summed E-state index contributed by atoms with van der Waals surface area (Å²) in [6, 6.07) is 11.3. The molecule has 0 bridgehead atoms. The third-order valence-corrected chi connectivity index (χ3v) is 4.09. The molecule has 1 heterocycles. The maximum atomic E-state index is 12.5. The SMILES string of the molecule is CC(C)(C)OC(=O)Nc1ccc2c(c1)N(Cc1ccc(C(=O)O)cc1)C(=O)CO2. The molecule has 1 aliphatic heterocycles. The second-order valence-corrected chi connectivity index (χ2v) is 7.58. The van der Waals surface area contributed by atoms with Crippen molar-refractivity contribution in [3.05, 3.63) is 53.6 Å². The Kier molecular flexibility index (Phi) is 5.45. The molecule has 0 spiro atoms. The highest BCUT2D eigenvalue weighted by atomic mass is 16.6. The van der Waals surface area contributed by atoms with E-state index in [2.05, 4.69) is 5.32 Å². The molecule has 0 fully saturated rings. The quantitative estimate of drug-likeness (QED) is 0.814. The van der Waals surface area contributed by atoms with Crippen molar-refractivity contribution in [3.8, 4) is 5.75 Å². The number of fused-ring (bicyclic) bond motifs is 1. The van der Waals surface area contributed by atoms with E-state index in [1.807, 2.05) is 0 Å². The van der Waals surface area contributed by atoms with Crippen molar-refractivity contribution in [2.45, 2.75) is 32.9 Å². The molecule has 2 N–H and O–H groups in total. The van der Waals surface area contributed by atoms with Crippen LogP contribution in [0, 0.1) is 0 Å². The summed E-state index contributed by atoms with van der Waals surface area (Å²) in [5.41, 5.74) is 1.28. The zero-order valence-electron chi connectivity index (χ0n) is 16.4. The van der Waals surface area contributed by atoms with E-state index in [4.69, 9.17) is 14.6 Å². The average Bonchev–Trinajstić information content (AvgIpc) is 2.63. The van der Waals surface area contributed by atoms with Crippen LogP contribution in [-0.4, -0.2) is 35.3 Å². The van der Waals surface area contributed by atoms with E-state index < -0.39 is 17.7 Å². The Balaban J connectivity index is 1.82. The number of hydrogen-bond donors (Lipinski definition) is 2. The molecule has 29 heavy (non-hydrogen) atoms. The van der Waals surface area contributed by atoms with Gasteiger partial charge in [-0.05, 0) is 56.7 Å². The molecule has 0 saturated carbocycles. The fraction of sp³-hybridized carbons (Fsp3) is 0.286. The summed E-state index contributed by atoms with van der Waals surface area (Å²) in [7, 11) is 0. The smallest absolute Gasteiger partial charge is 0.412 e. The molecular weight excluding hydrogens is 376 g/mol. The number of carbonyl (C=O) groups excluding carboxylic acids is 2. The number of anilines is 2. The number of benzene rings is 2. The lowest BCUT2D eigenvalue weighted by molar-refractivity contribution is -0.121. The lowest BCUT2D eigenvalue weighted by Crippen LogP contribution is -2.38. The molecule has 0 saturated heterocycles. The van der Waals surface area contributed by atoms with Crippen LogP contribution in [0.5, 0.6) is 5.75 Å². The fourth-order valence-electron chi connectivity index (χ4n) is 2.81. The summed E-state index contributed by atoms with van der Waals surface area (Å²) in [6.07, 6.45) is -0.601. The molecular formula is C21H22N2O6. The Hall–Kier alpha value is -3.55. The van der Waals surface area contributed by atoms with Crippen molar-refractivity contribution in [1.29, 1.82) is 0 Å². The van der Waals surface area contributed by atoms with E-state index in [-0.39, 0.29) is 24.6 Å². The van der Waals surface area contributed by atoms with Gasteiger partial charge in [0, 0.05) is 5.69 Å². The molecule has 0 aromatic heterocycles. The normalized spacial score (nSPS) is 13.3. The number of amides is 2. The molecule has 0 aliphatic carbocycles. The summed E-state index contributed by atoms with van der Waals surface area (Å²) in [5.74, 6) is -0.738. The Morgan fingerprint density at radius 3 is 2.48 bits per heavy atom. The first-order valence-electron chi connectivity index (χ1n) is 9.02. The topological polar surface area (TPSA) is 105 Å². The number of carbonyl (C=O) groups is 3. The molecule has 0 atom stereocenters. The van der Waals surface area contributed by atoms with Crippen LogP contribution in [0.2, 0.25) is 0 Å². The lowest BCUT2D eigenvalue weighted by Gasteiger charge is -2.30. The van der Waals surface area contributed by atoms with Crippen LogP contribution >= 0.6 is 0 Å². The second kappa shape index (κ2) is 7.83. The van der Waals surface area contributed by atoms with Crippen molar-refractivity contribution in [1.82, 2.24) is 0 Å². The second-order valence-electron chi connectivity index (χ2n) is 7.58. The Morgan fingerprint density at radius 1 is 1.17 bits per heavy atom. The van der Waals surface area contributed by atoms with E-state index in [9.17, 15) is 14.4 Å². The number of carboxylic acid groups (broad SMARTS) is 1. The number of nitrogens with zero attached hydrogens (tertiary/aromatic N) is 1. The third kappa shape index (κ3) is 5.04. The Labute approximate surface area is 168 Å². The predicted molar refractivity (Wildman–Crippen MR) is 106 cm³/mol. The van der Waals surface area contributed by atoms with Gasteiger partial charge in [-0.3, -0.25) is 10.1 Å². The Bertz CT molecular complexity index is 947. The van der Waals surface area contributed by atoms with Crippen molar-refractivity contribution < 1.29 is 29.0 Å². The molecule has 2 amide bonds. The van der Waals surface area contributed by atoms with E-state index in [0.29, 0.717) is 17.1 Å². The molecule has 2 aromatic rings. The number of nitrogens with one attached hydrogen (secondary N) is 1. The monoisotopic (exact) mass is 398 g/mol. The molecule has 3 rings (SSSR count). The maximum absolute atomic E-state index is 12.5. The van der Waals surface area contributed by atoms with Crippen LogP contribution in [0.4, 0.5) is 16.2 Å². The summed E-state index contributed by atoms with van der Waals surface area (Å²) < 4.78 is 10.7. The van der Waals surface area contributed by atoms with Crippen LogP contribution in [0.15, 0.2) is 42.5 Å². The molecule has 152 valence electrons. The molecule has 0 unspecified atom stereocenters. The first-order chi connectivity index (χ1) is 13.6. The van der Waals surface area contributed by atoms with Gasteiger partial charge in [-0.1, -0.05) is 12.1 Å². The minimum Gasteiger partial charge on any atom is -0.482 e. The number of rotatable bonds is 4. The molecule has 2 aromatic carbocycles. The van der Waals surface area contributed by atoms with Gasteiger partial charge in [-0.25, -0.2) is 9.59 Å². The molecule has 1 aliphatic rings. The summed E-state index contributed by atoms with van der Waals surface area (Å²) in [5, 5.41) is 11.7. The summed E-state index contributed by atoms with van der Waals surface area (Å²) in [6.45, 7) is 5.44. The van der Waals surface area contributed by atoms with Crippen molar-refractivity contribution in [2.24, 2.45) is 0 Å². The number of aromatic carboxylic acids is 1. The number of carboxylic acids is 1. The minimum atomic E-state index is -1.01. The third-order valence-electron chi connectivity index (χ3n) is 4.09. The lowest BCUT2D eigenvalue weighted by atomic mass is 10.1. The van der Waals surface area contributed by atoms with Gasteiger partial charge in [-0.2, -0.15) is 0 Å². The van der Waals surface area contributed by atoms with E-state index in [1.54, 1.807) is 51.1 Å². The van der Waals surface area contributed by atoms with Crippen LogP contribution in [0.1, 0.15) is 36.7 Å². The van der Waals surface area contributed by atoms with E-state index >= 15 is 0 Å². The van der Waals surface area contributed by atoms with Gasteiger partial charge in [0.2, 0.25) is 0 Å². The minimum absolute atomic E-state index is 0.0982. The zero-order chi connectivity index (χ0) is 21.2. The first kappa shape index (κ1) is 20.2. The van der Waals surface area contributed by atoms with Crippen molar-refractivity contribution >= 4 is 29.3 Å².